The minimum absolute atomic E-state index is 1.24. The number of rotatable bonds is 2. The Bertz CT molecular complexity index is 2450. The summed E-state index contributed by atoms with van der Waals surface area (Å²) >= 11 is 1.88. The first-order chi connectivity index (χ1) is 19.8. The molecule has 40 heavy (non-hydrogen) atoms. The molecule has 0 aliphatic rings. The first-order valence-corrected chi connectivity index (χ1v) is 14.5. The van der Waals surface area contributed by atoms with E-state index in [1.54, 1.807) is 0 Å². The van der Waals surface area contributed by atoms with E-state index in [0.717, 1.165) is 0 Å². The van der Waals surface area contributed by atoms with Crippen molar-refractivity contribution in [2.75, 3.05) is 0 Å². The third kappa shape index (κ3) is 2.93. The van der Waals surface area contributed by atoms with Crippen LogP contribution in [0.15, 0.2) is 127 Å². The van der Waals surface area contributed by atoms with Crippen LogP contribution in [0.1, 0.15) is 0 Å². The summed E-state index contributed by atoms with van der Waals surface area (Å²) in [5.41, 5.74) is 8.74. The quantitative estimate of drug-likeness (QED) is 0.211. The van der Waals surface area contributed by atoms with Crippen molar-refractivity contribution >= 4 is 75.1 Å². The topological polar surface area (TPSA) is 9.86 Å². The average molecular weight is 529 g/mol. The van der Waals surface area contributed by atoms with E-state index < -0.39 is 0 Å². The zero-order valence-corrected chi connectivity index (χ0v) is 22.7. The first-order valence-electron chi connectivity index (χ1n) is 13.7. The van der Waals surface area contributed by atoms with Gasteiger partial charge >= 0.3 is 0 Å². The molecule has 0 aliphatic heterocycles. The summed E-state index contributed by atoms with van der Waals surface area (Å²) in [6, 6.07) is 46.8. The van der Waals surface area contributed by atoms with Crippen LogP contribution in [0.5, 0.6) is 0 Å². The molecule has 3 heterocycles. The van der Waals surface area contributed by atoms with Gasteiger partial charge in [-0.15, -0.1) is 11.3 Å². The van der Waals surface area contributed by atoms with Crippen LogP contribution in [0.3, 0.4) is 0 Å². The highest BCUT2D eigenvalue weighted by atomic mass is 32.1. The van der Waals surface area contributed by atoms with E-state index in [9.17, 15) is 0 Å². The van der Waals surface area contributed by atoms with Crippen LogP contribution in [-0.2, 0) is 7.05 Å². The van der Waals surface area contributed by atoms with E-state index in [-0.39, 0.29) is 0 Å². The van der Waals surface area contributed by atoms with Gasteiger partial charge in [-0.05, 0) is 59.7 Å². The Balaban J connectivity index is 1.31. The van der Waals surface area contributed by atoms with E-state index >= 15 is 0 Å². The molecule has 0 atom stereocenters. The minimum atomic E-state index is 1.24. The van der Waals surface area contributed by atoms with Gasteiger partial charge in [0.15, 0.2) is 0 Å². The Labute approximate surface area is 234 Å². The number of hydrogen-bond donors (Lipinski definition) is 0. The lowest BCUT2D eigenvalue weighted by Gasteiger charge is -2.10. The number of para-hydroxylation sites is 2. The van der Waals surface area contributed by atoms with Gasteiger partial charge in [-0.1, -0.05) is 78.9 Å². The number of nitrogens with zero attached hydrogens (tertiary/aromatic N) is 2. The molecule has 3 heteroatoms. The van der Waals surface area contributed by atoms with E-state index in [4.69, 9.17) is 0 Å². The molecular formula is C37H24N2S. The Hall–Kier alpha value is -4.86. The highest BCUT2D eigenvalue weighted by molar-refractivity contribution is 7.26. The fourth-order valence-corrected chi connectivity index (χ4v) is 7.87. The number of aromatic nitrogens is 2. The molecule has 0 bridgehead atoms. The van der Waals surface area contributed by atoms with E-state index in [1.165, 1.54) is 80.6 Å². The Morgan fingerprint density at radius 3 is 1.80 bits per heavy atom. The predicted molar refractivity (Wildman–Crippen MR) is 173 cm³/mol. The highest BCUT2D eigenvalue weighted by Gasteiger charge is 2.17. The van der Waals surface area contributed by atoms with Gasteiger partial charge in [0.05, 0.1) is 21.4 Å². The average Bonchev–Trinajstić information content (AvgIpc) is 3.65. The highest BCUT2D eigenvalue weighted by Crippen LogP contribution is 2.41. The lowest BCUT2D eigenvalue weighted by atomic mass is 10.0. The van der Waals surface area contributed by atoms with Gasteiger partial charge in [-0.3, -0.25) is 0 Å². The summed E-state index contributed by atoms with van der Waals surface area (Å²) in [6.45, 7) is 0. The molecule has 2 nitrogen and oxygen atoms in total. The van der Waals surface area contributed by atoms with E-state index in [1.807, 2.05) is 11.3 Å². The fraction of sp³-hybridized carbons (Fsp3) is 0.0270. The van der Waals surface area contributed by atoms with E-state index in [2.05, 4.69) is 144 Å². The second-order valence-corrected chi connectivity index (χ2v) is 11.7. The zero-order chi connectivity index (χ0) is 26.4. The maximum Gasteiger partial charge on any atom is 0.0640 e. The normalized spacial score (nSPS) is 12.1. The smallest absolute Gasteiger partial charge is 0.0640 e. The first kappa shape index (κ1) is 22.0. The Kier molecular flexibility index (Phi) is 4.44. The number of hydrogen-bond acceptors (Lipinski definition) is 1. The molecule has 0 N–H and O–H groups in total. The molecule has 0 saturated heterocycles. The maximum atomic E-state index is 2.46. The largest absolute Gasteiger partial charge is 0.344 e. The summed E-state index contributed by atoms with van der Waals surface area (Å²) in [6.07, 6.45) is 0. The molecular weight excluding hydrogens is 504 g/mol. The van der Waals surface area contributed by atoms with E-state index in [0.29, 0.717) is 0 Å². The van der Waals surface area contributed by atoms with Crippen molar-refractivity contribution in [3.8, 4) is 16.8 Å². The second-order valence-electron chi connectivity index (χ2n) is 10.6. The van der Waals surface area contributed by atoms with Gasteiger partial charge in [-0.2, -0.15) is 0 Å². The predicted octanol–water partition coefficient (Wildman–Crippen LogP) is 10.5. The minimum Gasteiger partial charge on any atom is -0.344 e. The van der Waals surface area contributed by atoms with Crippen molar-refractivity contribution < 1.29 is 0 Å². The molecule has 0 saturated carbocycles. The molecule has 0 amide bonds. The monoisotopic (exact) mass is 528 g/mol. The Morgan fingerprint density at radius 2 is 1.00 bits per heavy atom. The summed E-state index contributed by atoms with van der Waals surface area (Å²) in [4.78, 5) is 0. The summed E-state index contributed by atoms with van der Waals surface area (Å²) in [5.74, 6) is 0. The van der Waals surface area contributed by atoms with Gasteiger partial charge in [-0.25, -0.2) is 0 Å². The van der Waals surface area contributed by atoms with Crippen LogP contribution < -0.4 is 0 Å². The lowest BCUT2D eigenvalue weighted by molar-refractivity contribution is 1.01. The van der Waals surface area contributed by atoms with Crippen LogP contribution in [0, 0.1) is 0 Å². The van der Waals surface area contributed by atoms with Crippen LogP contribution in [0.2, 0.25) is 0 Å². The molecule has 0 aliphatic carbocycles. The molecule has 0 unspecified atom stereocenters. The molecule has 3 aromatic heterocycles. The molecule has 9 rings (SSSR count). The van der Waals surface area contributed by atoms with Crippen LogP contribution in [-0.4, -0.2) is 9.13 Å². The van der Waals surface area contributed by atoms with Crippen molar-refractivity contribution in [1.82, 2.24) is 9.13 Å². The van der Waals surface area contributed by atoms with Crippen molar-refractivity contribution in [2.24, 2.45) is 7.05 Å². The van der Waals surface area contributed by atoms with Crippen molar-refractivity contribution in [2.45, 2.75) is 0 Å². The molecule has 6 aromatic carbocycles. The van der Waals surface area contributed by atoms with Crippen LogP contribution >= 0.6 is 11.3 Å². The molecule has 0 spiro atoms. The fourth-order valence-electron chi connectivity index (χ4n) is 6.67. The molecule has 0 fully saturated rings. The van der Waals surface area contributed by atoms with Crippen molar-refractivity contribution in [3.63, 3.8) is 0 Å². The third-order valence-electron chi connectivity index (χ3n) is 8.54. The summed E-state index contributed by atoms with van der Waals surface area (Å²) in [7, 11) is 2.16. The van der Waals surface area contributed by atoms with Crippen LogP contribution in [0.4, 0.5) is 0 Å². The molecule has 9 aromatic rings. The van der Waals surface area contributed by atoms with Crippen molar-refractivity contribution in [1.29, 1.82) is 0 Å². The maximum absolute atomic E-state index is 2.46. The number of aryl methyl sites for hydroxylation is 1. The zero-order valence-electron chi connectivity index (χ0n) is 21.9. The van der Waals surface area contributed by atoms with Gasteiger partial charge in [0.1, 0.15) is 0 Å². The van der Waals surface area contributed by atoms with Crippen LogP contribution in [0.25, 0.3) is 80.6 Å². The molecule has 188 valence electrons. The Morgan fingerprint density at radius 1 is 0.450 bits per heavy atom. The standard InChI is InChI=1S/C37H24N2S/c1-38-31-13-5-2-9-25(31)29-21-23(17-19-32(29)38)24-18-20-34-30(22-24)26-10-3-6-14-33(26)39(34)35-15-8-12-28-27-11-4-7-16-36(27)40-37(28)35/h2-22H,1H3. The van der Waals surface area contributed by atoms with Gasteiger partial charge in [0, 0.05) is 55.1 Å². The number of benzene rings is 6. The van der Waals surface area contributed by atoms with Gasteiger partial charge in [0.2, 0.25) is 0 Å². The van der Waals surface area contributed by atoms with Gasteiger partial charge < -0.3 is 9.13 Å². The van der Waals surface area contributed by atoms with Crippen molar-refractivity contribution in [3.05, 3.63) is 127 Å². The summed E-state index contributed by atoms with van der Waals surface area (Å²) < 4.78 is 7.41. The third-order valence-corrected chi connectivity index (χ3v) is 9.75. The lowest BCUT2D eigenvalue weighted by Crippen LogP contribution is -1.93. The van der Waals surface area contributed by atoms with Gasteiger partial charge in [0.25, 0.3) is 0 Å². The SMILES string of the molecule is Cn1c2ccccc2c2cc(-c3ccc4c(c3)c3ccccc3n4-c3cccc4c3sc3ccccc34)ccc21. The second kappa shape index (κ2) is 8.08. The number of fused-ring (bicyclic) bond motifs is 9. The number of thiophene rings is 1. The molecule has 0 radical (unpaired) electrons. The summed E-state index contributed by atoms with van der Waals surface area (Å²) in [5, 5.41) is 7.82.